The van der Waals surface area contributed by atoms with Gasteiger partial charge in [0.25, 0.3) is 5.91 Å². The molecule has 0 heterocycles. The summed E-state index contributed by atoms with van der Waals surface area (Å²) in [6.45, 7) is 11.9. The van der Waals surface area contributed by atoms with Crippen molar-refractivity contribution in [3.8, 4) is 0 Å². The number of amides is 2. The third-order valence-electron chi connectivity index (χ3n) is 3.78. The first-order valence-electron chi connectivity index (χ1n) is 7.97. The summed E-state index contributed by atoms with van der Waals surface area (Å²) in [5.41, 5.74) is 4.52. The number of aryl methyl sites for hydroxylation is 2. The molecule has 1 rings (SSSR count). The highest BCUT2D eigenvalue weighted by Crippen LogP contribution is 2.28. The molecule has 0 saturated carbocycles. The Morgan fingerprint density at radius 1 is 1.17 bits per heavy atom. The molecule has 23 heavy (non-hydrogen) atoms. The number of benzene rings is 1. The highest BCUT2D eigenvalue weighted by atomic mass is 16.4. The predicted molar refractivity (Wildman–Crippen MR) is 91.4 cm³/mol. The molecular weight excluding hydrogens is 292 g/mol. The highest BCUT2D eigenvalue weighted by molar-refractivity contribution is 5.95. The summed E-state index contributed by atoms with van der Waals surface area (Å²) in [7, 11) is 0. The van der Waals surface area contributed by atoms with Gasteiger partial charge in [0, 0.05) is 5.56 Å². The van der Waals surface area contributed by atoms with Crippen LogP contribution in [-0.4, -0.2) is 28.2 Å². The van der Waals surface area contributed by atoms with Gasteiger partial charge in [-0.2, -0.15) is 0 Å². The van der Waals surface area contributed by atoms with E-state index in [1.807, 2.05) is 47.6 Å². The van der Waals surface area contributed by atoms with Crippen LogP contribution in [0.25, 0.3) is 0 Å². The van der Waals surface area contributed by atoms with E-state index in [2.05, 4.69) is 5.43 Å². The molecule has 1 aromatic carbocycles. The predicted octanol–water partition coefficient (Wildman–Crippen LogP) is 4.14. The Bertz CT molecular complexity index is 556. The zero-order valence-electron chi connectivity index (χ0n) is 14.9. The molecule has 2 amide bonds. The summed E-state index contributed by atoms with van der Waals surface area (Å²) < 4.78 is 0. The zero-order chi connectivity index (χ0) is 17.8. The topological polar surface area (TPSA) is 69.6 Å². The van der Waals surface area contributed by atoms with E-state index in [-0.39, 0.29) is 17.4 Å². The van der Waals surface area contributed by atoms with E-state index in [0.29, 0.717) is 5.56 Å². The maximum absolute atomic E-state index is 12.9. The minimum atomic E-state index is -1.23. The molecule has 2 N–H and O–H groups in total. The van der Waals surface area contributed by atoms with Crippen molar-refractivity contribution in [2.24, 2.45) is 5.41 Å². The van der Waals surface area contributed by atoms with E-state index in [1.165, 1.54) is 5.01 Å². The normalized spacial score (nSPS) is 12.6. The Morgan fingerprint density at radius 2 is 1.70 bits per heavy atom. The smallest absolute Gasteiger partial charge is 0.423 e. The van der Waals surface area contributed by atoms with Crippen LogP contribution in [0, 0.1) is 19.3 Å². The zero-order valence-corrected chi connectivity index (χ0v) is 14.9. The number of carbonyl (C=O) groups excluding carboxylic acids is 1. The van der Waals surface area contributed by atoms with Crippen molar-refractivity contribution in [3.63, 3.8) is 0 Å². The monoisotopic (exact) mass is 320 g/mol. The van der Waals surface area contributed by atoms with Crippen LogP contribution in [0.2, 0.25) is 0 Å². The highest BCUT2D eigenvalue weighted by Gasteiger charge is 2.34. The van der Waals surface area contributed by atoms with Gasteiger partial charge in [-0.25, -0.2) is 15.2 Å². The Morgan fingerprint density at radius 3 is 2.09 bits per heavy atom. The van der Waals surface area contributed by atoms with Crippen molar-refractivity contribution in [3.05, 3.63) is 34.9 Å². The van der Waals surface area contributed by atoms with Crippen molar-refractivity contribution in [2.75, 3.05) is 0 Å². The molecule has 0 aliphatic rings. The van der Waals surface area contributed by atoms with Crippen molar-refractivity contribution >= 4 is 12.0 Å². The molecule has 0 aromatic heterocycles. The molecule has 0 aliphatic carbocycles. The van der Waals surface area contributed by atoms with Crippen LogP contribution in [0.5, 0.6) is 0 Å². The lowest BCUT2D eigenvalue weighted by Crippen LogP contribution is -2.56. The second kappa shape index (κ2) is 7.49. The summed E-state index contributed by atoms with van der Waals surface area (Å²) in [6, 6.07) is 5.34. The molecule has 0 fully saturated rings. The molecule has 0 aliphatic heterocycles. The number of carboxylic acid groups (broad SMARTS) is 1. The number of hydrazine groups is 1. The Hall–Kier alpha value is -2.04. The van der Waals surface area contributed by atoms with E-state index in [4.69, 9.17) is 5.11 Å². The Kier molecular flexibility index (Phi) is 6.19. The number of hydrogen-bond acceptors (Lipinski definition) is 2. The van der Waals surface area contributed by atoms with Gasteiger partial charge in [0.1, 0.15) is 0 Å². The first-order valence-corrected chi connectivity index (χ1v) is 7.97. The Balaban J connectivity index is 3.28. The summed E-state index contributed by atoms with van der Waals surface area (Å²) in [5.74, 6) is -0.312. The van der Waals surface area contributed by atoms with Gasteiger partial charge in [0.15, 0.2) is 0 Å². The van der Waals surface area contributed by atoms with Gasteiger partial charge in [0.05, 0.1) is 6.04 Å². The first kappa shape index (κ1) is 19.0. The van der Waals surface area contributed by atoms with Crippen LogP contribution in [-0.2, 0) is 0 Å². The molecule has 0 unspecified atom stereocenters. The van der Waals surface area contributed by atoms with Gasteiger partial charge in [-0.15, -0.1) is 0 Å². The number of rotatable bonds is 4. The van der Waals surface area contributed by atoms with Crippen molar-refractivity contribution in [1.29, 1.82) is 0 Å². The second-order valence-corrected chi connectivity index (χ2v) is 7.14. The average Bonchev–Trinajstić information content (AvgIpc) is 2.39. The largest absolute Gasteiger partial charge is 0.464 e. The van der Waals surface area contributed by atoms with E-state index in [0.717, 1.165) is 24.0 Å². The summed E-state index contributed by atoms with van der Waals surface area (Å²) in [6.07, 6.45) is 0.355. The Labute approximate surface area is 138 Å². The minimum absolute atomic E-state index is 0.225. The van der Waals surface area contributed by atoms with Gasteiger partial charge in [-0.3, -0.25) is 4.79 Å². The summed E-state index contributed by atoms with van der Waals surface area (Å²) >= 11 is 0. The molecule has 1 atom stereocenters. The van der Waals surface area contributed by atoms with Crippen LogP contribution in [0.1, 0.15) is 62.0 Å². The van der Waals surface area contributed by atoms with Gasteiger partial charge < -0.3 is 5.11 Å². The van der Waals surface area contributed by atoms with E-state index >= 15 is 0 Å². The maximum atomic E-state index is 12.9. The lowest BCUT2D eigenvalue weighted by Gasteiger charge is -2.39. The van der Waals surface area contributed by atoms with Gasteiger partial charge in [-0.05, 0) is 37.8 Å². The number of carbonyl (C=O) groups is 2. The van der Waals surface area contributed by atoms with Crippen molar-refractivity contribution in [1.82, 2.24) is 10.4 Å². The molecule has 1 aromatic rings. The van der Waals surface area contributed by atoms with E-state index in [1.54, 1.807) is 12.1 Å². The van der Waals surface area contributed by atoms with Gasteiger partial charge in [-0.1, -0.05) is 51.3 Å². The number of nitrogens with one attached hydrogen (secondary N) is 1. The van der Waals surface area contributed by atoms with Gasteiger partial charge >= 0.3 is 6.09 Å². The van der Waals surface area contributed by atoms with Crippen molar-refractivity contribution < 1.29 is 14.7 Å². The third-order valence-corrected chi connectivity index (χ3v) is 3.78. The maximum Gasteiger partial charge on any atom is 0.423 e. The molecule has 128 valence electrons. The molecule has 0 spiro atoms. The van der Waals surface area contributed by atoms with Gasteiger partial charge in [0.2, 0.25) is 0 Å². The fraction of sp³-hybridized carbons (Fsp3) is 0.556. The molecule has 5 heteroatoms. The lowest BCUT2D eigenvalue weighted by molar-refractivity contribution is 0.0301. The van der Waals surface area contributed by atoms with Crippen LogP contribution in [0.4, 0.5) is 4.79 Å². The van der Waals surface area contributed by atoms with Crippen LogP contribution in [0.3, 0.4) is 0 Å². The molecular formula is C18H28N2O3. The second-order valence-electron chi connectivity index (χ2n) is 7.14. The molecule has 0 radical (unpaired) electrons. The quantitative estimate of drug-likeness (QED) is 0.819. The first-order chi connectivity index (χ1) is 10.6. The molecule has 0 saturated heterocycles. The standard InChI is InChI=1S/C18H28N2O3/c1-7-8-15(18(4,5)6)20(19-17(22)23)16(21)14-10-12(2)9-13(3)11-14/h9-11,15,19H,7-8H2,1-6H3,(H,22,23)/t15-/m0/s1. The van der Waals surface area contributed by atoms with E-state index < -0.39 is 6.09 Å². The van der Waals surface area contributed by atoms with Crippen LogP contribution >= 0.6 is 0 Å². The fourth-order valence-electron chi connectivity index (χ4n) is 2.83. The lowest BCUT2D eigenvalue weighted by atomic mass is 9.83. The van der Waals surface area contributed by atoms with Crippen molar-refractivity contribution in [2.45, 2.75) is 60.4 Å². The van der Waals surface area contributed by atoms with Crippen LogP contribution < -0.4 is 5.43 Å². The third kappa shape index (κ3) is 5.27. The SMILES string of the molecule is CCC[C@H](N(NC(=O)O)C(=O)c1cc(C)cc(C)c1)C(C)(C)C. The summed E-state index contributed by atoms with van der Waals surface area (Å²) in [4.78, 5) is 24.2. The van der Waals surface area contributed by atoms with E-state index in [9.17, 15) is 9.59 Å². The minimum Gasteiger partial charge on any atom is -0.464 e. The molecule has 0 bridgehead atoms. The fourth-order valence-corrected chi connectivity index (χ4v) is 2.83. The molecule has 5 nitrogen and oxygen atoms in total. The number of hydrogen-bond donors (Lipinski definition) is 2. The average molecular weight is 320 g/mol. The summed E-state index contributed by atoms with van der Waals surface area (Å²) in [5, 5.41) is 10.4. The van der Waals surface area contributed by atoms with Crippen LogP contribution in [0.15, 0.2) is 18.2 Å². The number of nitrogens with zero attached hydrogens (tertiary/aromatic N) is 1.